The van der Waals surface area contributed by atoms with Crippen LogP contribution in [0.1, 0.15) is 42.7 Å². The number of aryl methyl sites for hydroxylation is 1. The van der Waals surface area contributed by atoms with Gasteiger partial charge in [-0.05, 0) is 55.8 Å². The maximum Gasteiger partial charge on any atom is 0.0566 e. The Hall–Kier alpha value is -0.380. The summed E-state index contributed by atoms with van der Waals surface area (Å²) in [7, 11) is 0. The predicted molar refractivity (Wildman–Crippen MR) is 75.4 cm³/mol. The zero-order valence-corrected chi connectivity index (χ0v) is 11.8. The van der Waals surface area contributed by atoms with Crippen LogP contribution >= 0.6 is 11.3 Å². The summed E-state index contributed by atoms with van der Waals surface area (Å²) in [6.45, 7) is 7.70. The van der Waals surface area contributed by atoms with E-state index in [1.807, 2.05) is 11.3 Å². The summed E-state index contributed by atoms with van der Waals surface area (Å²) in [5.41, 5.74) is 7.40. The third-order valence-corrected chi connectivity index (χ3v) is 5.22. The van der Waals surface area contributed by atoms with Gasteiger partial charge in [-0.25, -0.2) is 0 Å². The van der Waals surface area contributed by atoms with Crippen LogP contribution in [0.5, 0.6) is 0 Å². The van der Waals surface area contributed by atoms with E-state index in [0.29, 0.717) is 6.04 Å². The number of hydrogen-bond acceptors (Lipinski definition) is 3. The van der Waals surface area contributed by atoms with Crippen molar-refractivity contribution in [2.75, 3.05) is 19.6 Å². The van der Waals surface area contributed by atoms with Crippen LogP contribution in [0.2, 0.25) is 0 Å². The number of rotatable bonds is 4. The number of hydrogen-bond donors (Lipinski definition) is 1. The minimum atomic E-state index is 0.452. The first kappa shape index (κ1) is 13.1. The molecule has 1 saturated heterocycles. The van der Waals surface area contributed by atoms with Crippen molar-refractivity contribution in [1.82, 2.24) is 4.90 Å². The van der Waals surface area contributed by atoms with E-state index in [0.717, 1.165) is 12.5 Å². The number of piperidine rings is 1. The van der Waals surface area contributed by atoms with Crippen LogP contribution in [0.3, 0.4) is 0 Å². The minimum absolute atomic E-state index is 0.452. The second-order valence-corrected chi connectivity index (χ2v) is 6.05. The molecule has 2 nitrogen and oxygen atoms in total. The topological polar surface area (TPSA) is 29.3 Å². The molecule has 0 spiro atoms. The first-order valence-electron chi connectivity index (χ1n) is 6.74. The first-order valence-corrected chi connectivity index (χ1v) is 7.62. The van der Waals surface area contributed by atoms with Crippen LogP contribution in [0.15, 0.2) is 11.4 Å². The van der Waals surface area contributed by atoms with Crippen molar-refractivity contribution in [3.8, 4) is 0 Å². The summed E-state index contributed by atoms with van der Waals surface area (Å²) < 4.78 is 0. The summed E-state index contributed by atoms with van der Waals surface area (Å²) in [6.07, 6.45) is 4.02. The fourth-order valence-electron chi connectivity index (χ4n) is 2.82. The second-order valence-electron chi connectivity index (χ2n) is 5.11. The van der Waals surface area contributed by atoms with E-state index in [1.54, 1.807) is 0 Å². The molecule has 0 amide bonds. The van der Waals surface area contributed by atoms with Crippen molar-refractivity contribution in [2.45, 2.75) is 39.2 Å². The van der Waals surface area contributed by atoms with Crippen molar-refractivity contribution in [1.29, 1.82) is 0 Å². The summed E-state index contributed by atoms with van der Waals surface area (Å²) in [6, 6.07) is 2.66. The van der Waals surface area contributed by atoms with Crippen molar-refractivity contribution in [3.05, 3.63) is 21.9 Å². The van der Waals surface area contributed by atoms with Gasteiger partial charge in [-0.15, -0.1) is 11.3 Å². The SMILES string of the molecule is CCC1CCN(C(CN)c2sccc2C)CC1. The molecule has 1 fully saturated rings. The summed E-state index contributed by atoms with van der Waals surface area (Å²) in [5.74, 6) is 0.939. The van der Waals surface area contributed by atoms with Gasteiger partial charge < -0.3 is 5.73 Å². The Kier molecular flexibility index (Phi) is 4.60. The lowest BCUT2D eigenvalue weighted by Crippen LogP contribution is -2.39. The molecular formula is C14H24N2S. The van der Waals surface area contributed by atoms with E-state index in [-0.39, 0.29) is 0 Å². The van der Waals surface area contributed by atoms with Gasteiger partial charge in [0.2, 0.25) is 0 Å². The maximum absolute atomic E-state index is 6.00. The molecule has 0 saturated carbocycles. The summed E-state index contributed by atoms with van der Waals surface area (Å²) in [4.78, 5) is 4.06. The Morgan fingerprint density at radius 1 is 1.47 bits per heavy atom. The average molecular weight is 252 g/mol. The van der Waals surface area contributed by atoms with Crippen molar-refractivity contribution < 1.29 is 0 Å². The number of nitrogens with zero attached hydrogens (tertiary/aromatic N) is 1. The van der Waals surface area contributed by atoms with Crippen LogP contribution in [0.4, 0.5) is 0 Å². The third-order valence-electron chi connectivity index (χ3n) is 4.09. The molecule has 1 aliphatic heterocycles. The van der Waals surface area contributed by atoms with Crippen LogP contribution < -0.4 is 5.73 Å². The molecule has 1 aromatic heterocycles. The molecule has 1 aromatic rings. The van der Waals surface area contributed by atoms with Gasteiger partial charge in [0.15, 0.2) is 0 Å². The lowest BCUT2D eigenvalue weighted by atomic mass is 9.93. The fourth-order valence-corrected chi connectivity index (χ4v) is 3.90. The van der Waals surface area contributed by atoms with Crippen molar-refractivity contribution >= 4 is 11.3 Å². The number of nitrogens with two attached hydrogens (primary N) is 1. The largest absolute Gasteiger partial charge is 0.329 e. The standard InChI is InChI=1S/C14H24N2S/c1-3-12-4-7-16(8-5-12)13(10-15)14-11(2)6-9-17-14/h6,9,12-13H,3-5,7-8,10,15H2,1-2H3. The maximum atomic E-state index is 6.00. The molecule has 2 N–H and O–H groups in total. The average Bonchev–Trinajstić information content (AvgIpc) is 2.78. The first-order chi connectivity index (χ1) is 8.26. The Balaban J connectivity index is 2.03. The summed E-state index contributed by atoms with van der Waals surface area (Å²) >= 11 is 1.86. The van der Waals surface area contributed by atoms with Crippen molar-refractivity contribution in [3.63, 3.8) is 0 Å². The molecule has 0 aliphatic carbocycles. The highest BCUT2D eigenvalue weighted by Crippen LogP contribution is 2.31. The highest BCUT2D eigenvalue weighted by atomic mass is 32.1. The van der Waals surface area contributed by atoms with E-state index in [2.05, 4.69) is 30.2 Å². The van der Waals surface area contributed by atoms with Gasteiger partial charge in [-0.1, -0.05) is 13.3 Å². The van der Waals surface area contributed by atoms with Gasteiger partial charge in [0.25, 0.3) is 0 Å². The lowest BCUT2D eigenvalue weighted by Gasteiger charge is -2.36. The van der Waals surface area contributed by atoms with Crippen LogP contribution in [-0.4, -0.2) is 24.5 Å². The molecule has 17 heavy (non-hydrogen) atoms. The third kappa shape index (κ3) is 2.90. The fraction of sp³-hybridized carbons (Fsp3) is 0.714. The van der Waals surface area contributed by atoms with Gasteiger partial charge in [-0.2, -0.15) is 0 Å². The monoisotopic (exact) mass is 252 g/mol. The molecule has 1 aliphatic rings. The lowest BCUT2D eigenvalue weighted by molar-refractivity contribution is 0.135. The second kappa shape index (κ2) is 5.98. The van der Waals surface area contributed by atoms with E-state index in [1.165, 1.54) is 42.8 Å². The Labute approximate surface area is 109 Å². The van der Waals surface area contributed by atoms with E-state index in [9.17, 15) is 0 Å². The van der Waals surface area contributed by atoms with E-state index < -0.39 is 0 Å². The Morgan fingerprint density at radius 3 is 2.65 bits per heavy atom. The van der Waals surface area contributed by atoms with Crippen LogP contribution in [0.25, 0.3) is 0 Å². The van der Waals surface area contributed by atoms with Gasteiger partial charge in [0.05, 0.1) is 6.04 Å². The summed E-state index contributed by atoms with van der Waals surface area (Å²) in [5, 5.41) is 2.19. The number of likely N-dealkylation sites (tertiary alicyclic amines) is 1. The quantitative estimate of drug-likeness (QED) is 0.892. The molecule has 2 heterocycles. The van der Waals surface area contributed by atoms with E-state index >= 15 is 0 Å². The zero-order chi connectivity index (χ0) is 12.3. The molecule has 3 heteroatoms. The van der Waals surface area contributed by atoms with Crippen molar-refractivity contribution in [2.24, 2.45) is 11.7 Å². The predicted octanol–water partition coefficient (Wildman–Crippen LogP) is 3.18. The molecule has 0 bridgehead atoms. The van der Waals surface area contributed by atoms with Crippen LogP contribution in [-0.2, 0) is 0 Å². The molecular weight excluding hydrogens is 228 g/mol. The molecule has 0 aromatic carbocycles. The molecule has 2 rings (SSSR count). The normalized spacial score (nSPS) is 20.6. The van der Waals surface area contributed by atoms with E-state index in [4.69, 9.17) is 5.73 Å². The molecule has 0 radical (unpaired) electrons. The number of thiophene rings is 1. The highest BCUT2D eigenvalue weighted by Gasteiger charge is 2.25. The van der Waals surface area contributed by atoms with Gasteiger partial charge in [0, 0.05) is 11.4 Å². The van der Waals surface area contributed by atoms with Gasteiger partial charge >= 0.3 is 0 Å². The smallest absolute Gasteiger partial charge is 0.0566 e. The Bertz CT molecular complexity index is 340. The van der Waals surface area contributed by atoms with Crippen LogP contribution in [0, 0.1) is 12.8 Å². The molecule has 96 valence electrons. The van der Waals surface area contributed by atoms with Gasteiger partial charge in [0.1, 0.15) is 0 Å². The molecule has 1 atom stereocenters. The van der Waals surface area contributed by atoms with Gasteiger partial charge in [-0.3, -0.25) is 4.90 Å². The minimum Gasteiger partial charge on any atom is -0.329 e. The highest BCUT2D eigenvalue weighted by molar-refractivity contribution is 7.10. The zero-order valence-electron chi connectivity index (χ0n) is 11.0. The Morgan fingerprint density at radius 2 is 2.18 bits per heavy atom. The molecule has 1 unspecified atom stereocenters.